The summed E-state index contributed by atoms with van der Waals surface area (Å²) < 4.78 is 13.2. The Morgan fingerprint density at radius 3 is 1.05 bits per heavy atom. The fraction of sp³-hybridized carbons (Fsp3) is 0. The molecule has 0 aliphatic rings. The Morgan fingerprint density at radius 1 is 0.310 bits per heavy atom. The molecule has 6 heteroatoms. The van der Waals surface area contributed by atoms with Crippen LogP contribution in [0.15, 0.2) is 191 Å². The molecule has 0 fully saturated rings. The van der Waals surface area contributed by atoms with Gasteiger partial charge in [-0.15, -0.1) is 0 Å². The summed E-state index contributed by atoms with van der Waals surface area (Å²) in [7, 11) is 0. The lowest BCUT2D eigenvalue weighted by Gasteiger charge is -2.25. The number of benzene rings is 9. The van der Waals surface area contributed by atoms with Crippen LogP contribution in [0.1, 0.15) is 11.1 Å². The maximum absolute atomic E-state index is 9.40. The van der Waals surface area contributed by atoms with E-state index in [9.17, 15) is 10.5 Å². The smallest absolute Gasteiger partial charge is 0.136 e. The molecule has 0 saturated carbocycles. The zero-order chi connectivity index (χ0) is 38.7. The van der Waals surface area contributed by atoms with Crippen LogP contribution in [0.3, 0.4) is 0 Å². The Labute approximate surface area is 332 Å². The minimum absolute atomic E-state index is 0.623. The Bertz CT molecular complexity index is 3230. The predicted molar refractivity (Wildman–Crippen MR) is 235 cm³/mol. The van der Waals surface area contributed by atoms with Gasteiger partial charge in [0.25, 0.3) is 0 Å². The molecule has 9 aromatic carbocycles. The average molecular weight is 743 g/mol. The van der Waals surface area contributed by atoms with Gasteiger partial charge in [-0.3, -0.25) is 0 Å². The fourth-order valence-electron chi connectivity index (χ4n) is 8.20. The summed E-state index contributed by atoms with van der Waals surface area (Å²) in [6.07, 6.45) is 0. The van der Waals surface area contributed by atoms with Crippen LogP contribution in [0.2, 0.25) is 0 Å². The van der Waals surface area contributed by atoms with E-state index in [2.05, 4.69) is 119 Å². The summed E-state index contributed by atoms with van der Waals surface area (Å²) >= 11 is 0. The first-order valence-corrected chi connectivity index (χ1v) is 19.0. The third-order valence-corrected chi connectivity index (χ3v) is 11.0. The molecule has 0 N–H and O–H groups in total. The highest BCUT2D eigenvalue weighted by Crippen LogP contribution is 2.42. The van der Waals surface area contributed by atoms with Gasteiger partial charge in [-0.05, 0) is 155 Å². The van der Waals surface area contributed by atoms with Crippen molar-refractivity contribution in [2.75, 3.05) is 9.80 Å². The fourth-order valence-corrected chi connectivity index (χ4v) is 8.20. The van der Waals surface area contributed by atoms with Gasteiger partial charge in [0.05, 0.1) is 23.3 Å². The first kappa shape index (κ1) is 33.1. The van der Waals surface area contributed by atoms with Crippen LogP contribution >= 0.6 is 0 Å². The predicted octanol–water partition coefficient (Wildman–Crippen LogP) is 14.5. The average Bonchev–Trinajstić information content (AvgIpc) is 3.80. The van der Waals surface area contributed by atoms with E-state index in [1.807, 2.05) is 84.9 Å². The summed E-state index contributed by atoms with van der Waals surface area (Å²) in [5, 5.41) is 27.2. The highest BCUT2D eigenvalue weighted by Gasteiger charge is 2.18. The Kier molecular flexibility index (Phi) is 7.50. The number of fused-ring (bicyclic) bond motifs is 8. The molecule has 0 unspecified atom stereocenters. The molecule has 0 spiro atoms. The Balaban J connectivity index is 0.995. The zero-order valence-corrected chi connectivity index (χ0v) is 30.9. The lowest BCUT2D eigenvalue weighted by molar-refractivity contribution is 0.664. The van der Waals surface area contributed by atoms with Crippen LogP contribution in [0.5, 0.6) is 0 Å². The monoisotopic (exact) mass is 742 g/mol. The molecular formula is C52H30N4O2. The van der Waals surface area contributed by atoms with Crippen molar-refractivity contribution in [2.24, 2.45) is 0 Å². The molecule has 2 heterocycles. The van der Waals surface area contributed by atoms with Gasteiger partial charge < -0.3 is 18.6 Å². The lowest BCUT2D eigenvalue weighted by Crippen LogP contribution is -2.09. The van der Waals surface area contributed by atoms with Gasteiger partial charge in [0, 0.05) is 55.7 Å². The van der Waals surface area contributed by atoms with Gasteiger partial charge in [0.15, 0.2) is 0 Å². The second-order valence-corrected chi connectivity index (χ2v) is 14.5. The first-order chi connectivity index (χ1) is 28.6. The van der Waals surface area contributed by atoms with Gasteiger partial charge in [-0.25, -0.2) is 0 Å². The van der Waals surface area contributed by atoms with Crippen molar-refractivity contribution in [3.63, 3.8) is 0 Å². The van der Waals surface area contributed by atoms with Crippen LogP contribution in [-0.2, 0) is 0 Å². The van der Waals surface area contributed by atoms with Crippen LogP contribution in [-0.4, -0.2) is 0 Å². The molecule has 0 amide bonds. The van der Waals surface area contributed by atoms with E-state index < -0.39 is 0 Å². The van der Waals surface area contributed by atoms with Crippen LogP contribution in [0, 0.1) is 22.7 Å². The zero-order valence-electron chi connectivity index (χ0n) is 30.9. The van der Waals surface area contributed by atoms with E-state index >= 15 is 0 Å². The van der Waals surface area contributed by atoms with Crippen molar-refractivity contribution in [3.8, 4) is 12.1 Å². The van der Waals surface area contributed by atoms with E-state index in [-0.39, 0.29) is 0 Å². The second kappa shape index (κ2) is 13.2. The molecule has 58 heavy (non-hydrogen) atoms. The number of para-hydroxylation sites is 2. The largest absolute Gasteiger partial charge is 0.456 e. The number of nitriles is 2. The number of hydrogen-bond donors (Lipinski definition) is 0. The van der Waals surface area contributed by atoms with Crippen molar-refractivity contribution in [1.29, 1.82) is 10.5 Å². The van der Waals surface area contributed by atoms with E-state index in [1.54, 1.807) is 0 Å². The van der Waals surface area contributed by atoms with Gasteiger partial charge in [0.2, 0.25) is 0 Å². The standard InChI is InChI=1S/C52H30N4O2/c53-31-33-11-17-41(18-12-33)55(39-7-3-1-4-8-39)43-21-15-35-25-45-47-29-52-48(30-51(47)57-49(45)27-37(35)23-43)46-26-36-16-22-44(24-38(36)28-50(46)58-52)56(40-9-5-2-6-10-40)42-19-13-34(32-54)14-20-42/h1-30H. The van der Waals surface area contributed by atoms with E-state index in [1.165, 1.54) is 0 Å². The number of anilines is 6. The van der Waals surface area contributed by atoms with Crippen molar-refractivity contribution < 1.29 is 8.83 Å². The number of furan rings is 2. The number of rotatable bonds is 6. The number of hydrogen-bond acceptors (Lipinski definition) is 6. The molecule has 0 aliphatic heterocycles. The first-order valence-electron chi connectivity index (χ1n) is 19.0. The molecule has 270 valence electrons. The van der Waals surface area contributed by atoms with Gasteiger partial charge >= 0.3 is 0 Å². The topological polar surface area (TPSA) is 80.3 Å². The summed E-state index contributed by atoms with van der Waals surface area (Å²) in [6, 6.07) is 66.1. The minimum Gasteiger partial charge on any atom is -0.456 e. The van der Waals surface area contributed by atoms with Crippen molar-refractivity contribution in [3.05, 3.63) is 193 Å². The highest BCUT2D eigenvalue weighted by molar-refractivity contribution is 6.18. The van der Waals surface area contributed by atoms with E-state index in [4.69, 9.17) is 8.83 Å². The summed E-state index contributed by atoms with van der Waals surface area (Å²) in [4.78, 5) is 4.39. The summed E-state index contributed by atoms with van der Waals surface area (Å²) in [6.45, 7) is 0. The van der Waals surface area contributed by atoms with Crippen molar-refractivity contribution in [2.45, 2.75) is 0 Å². The Hall–Kier alpha value is -8.32. The number of nitrogens with zero attached hydrogens (tertiary/aromatic N) is 4. The maximum atomic E-state index is 9.40. The van der Waals surface area contributed by atoms with Gasteiger partial charge in [-0.2, -0.15) is 10.5 Å². The molecule has 0 radical (unpaired) electrons. The quantitative estimate of drug-likeness (QED) is 0.169. The van der Waals surface area contributed by atoms with Crippen molar-refractivity contribution in [1.82, 2.24) is 0 Å². The normalized spacial score (nSPS) is 11.4. The molecule has 11 rings (SSSR count). The van der Waals surface area contributed by atoms with Crippen LogP contribution < -0.4 is 9.80 Å². The minimum atomic E-state index is 0.623. The molecule has 6 nitrogen and oxygen atoms in total. The molecule has 0 atom stereocenters. The van der Waals surface area contributed by atoms with Crippen molar-refractivity contribution >= 4 is 99.5 Å². The van der Waals surface area contributed by atoms with Crippen LogP contribution in [0.4, 0.5) is 34.1 Å². The molecule has 2 aromatic heterocycles. The third-order valence-electron chi connectivity index (χ3n) is 11.0. The molecular weight excluding hydrogens is 713 g/mol. The highest BCUT2D eigenvalue weighted by atomic mass is 16.3. The maximum Gasteiger partial charge on any atom is 0.136 e. The van der Waals surface area contributed by atoms with E-state index in [0.717, 1.165) is 99.5 Å². The van der Waals surface area contributed by atoms with E-state index in [0.29, 0.717) is 11.1 Å². The molecule has 0 aliphatic carbocycles. The summed E-state index contributed by atoms with van der Waals surface area (Å²) in [5.74, 6) is 0. The second-order valence-electron chi connectivity index (χ2n) is 14.5. The van der Waals surface area contributed by atoms with Crippen LogP contribution in [0.25, 0.3) is 65.4 Å². The SMILES string of the molecule is N#Cc1ccc(N(c2ccccc2)c2ccc3cc4c(cc3c2)oc2cc3c(cc24)oc2cc4cc(N(c5ccccc5)c5ccc(C#N)cc5)ccc4cc23)cc1. The molecule has 11 aromatic rings. The van der Waals surface area contributed by atoms with Gasteiger partial charge in [-0.1, -0.05) is 48.5 Å². The molecule has 0 saturated heterocycles. The Morgan fingerprint density at radius 2 is 0.655 bits per heavy atom. The lowest BCUT2D eigenvalue weighted by atomic mass is 10.0. The summed E-state index contributed by atoms with van der Waals surface area (Å²) in [5.41, 5.74) is 10.5. The third kappa shape index (κ3) is 5.48. The molecule has 0 bridgehead atoms. The van der Waals surface area contributed by atoms with Gasteiger partial charge in [0.1, 0.15) is 22.3 Å².